The molecule has 2 N–H and O–H groups in total. The summed E-state index contributed by atoms with van der Waals surface area (Å²) < 4.78 is 5.65. The van der Waals surface area contributed by atoms with Gasteiger partial charge in [-0.3, -0.25) is 9.59 Å². The summed E-state index contributed by atoms with van der Waals surface area (Å²) in [6, 6.07) is 17.4. The Balaban J connectivity index is 1.98. The van der Waals surface area contributed by atoms with Gasteiger partial charge in [-0.2, -0.15) is 0 Å². The van der Waals surface area contributed by atoms with E-state index in [0.29, 0.717) is 12.3 Å². The molecule has 2 amide bonds. The van der Waals surface area contributed by atoms with E-state index in [4.69, 9.17) is 10.5 Å². The minimum absolute atomic E-state index is 0.0651. The van der Waals surface area contributed by atoms with Gasteiger partial charge in [-0.1, -0.05) is 63.2 Å². The van der Waals surface area contributed by atoms with Gasteiger partial charge in [0.15, 0.2) is 6.61 Å². The van der Waals surface area contributed by atoms with E-state index in [9.17, 15) is 9.59 Å². The van der Waals surface area contributed by atoms with E-state index in [2.05, 4.69) is 20.8 Å². The first kappa shape index (κ1) is 20.5. The molecule has 0 aliphatic rings. The molecular weight excluding hydrogens is 340 g/mol. The Morgan fingerprint density at radius 1 is 1.00 bits per heavy atom. The van der Waals surface area contributed by atoms with Gasteiger partial charge in [-0.15, -0.1) is 0 Å². The van der Waals surface area contributed by atoms with Crippen LogP contribution in [0.15, 0.2) is 54.6 Å². The number of hydrogen-bond donors (Lipinski definition) is 1. The second-order valence-corrected chi connectivity index (χ2v) is 7.58. The minimum atomic E-state index is -0.431. The van der Waals surface area contributed by atoms with Gasteiger partial charge in [-0.05, 0) is 28.7 Å². The van der Waals surface area contributed by atoms with Crippen LogP contribution >= 0.6 is 0 Å². The Morgan fingerprint density at radius 3 is 2.19 bits per heavy atom. The van der Waals surface area contributed by atoms with Gasteiger partial charge in [0, 0.05) is 19.5 Å². The molecule has 0 heterocycles. The Hall–Kier alpha value is -2.82. The van der Waals surface area contributed by atoms with E-state index >= 15 is 0 Å². The van der Waals surface area contributed by atoms with Crippen molar-refractivity contribution in [2.24, 2.45) is 5.73 Å². The maximum Gasteiger partial charge on any atom is 0.260 e. The number of primary amides is 1. The van der Waals surface area contributed by atoms with Crippen LogP contribution in [-0.2, 0) is 21.5 Å². The molecule has 0 unspecified atom stereocenters. The smallest absolute Gasteiger partial charge is 0.260 e. The van der Waals surface area contributed by atoms with E-state index in [-0.39, 0.29) is 30.9 Å². The summed E-state index contributed by atoms with van der Waals surface area (Å²) in [6.45, 7) is 7.04. The fourth-order valence-corrected chi connectivity index (χ4v) is 2.63. The molecule has 0 bridgehead atoms. The van der Waals surface area contributed by atoms with Crippen molar-refractivity contribution in [1.29, 1.82) is 0 Å². The number of benzene rings is 2. The van der Waals surface area contributed by atoms with Gasteiger partial charge in [0.2, 0.25) is 5.91 Å². The lowest BCUT2D eigenvalue weighted by atomic mass is 9.87. The predicted molar refractivity (Wildman–Crippen MR) is 106 cm³/mol. The molecule has 2 aromatic carbocycles. The maximum atomic E-state index is 12.6. The number of ether oxygens (including phenoxy) is 1. The molecule has 0 aliphatic carbocycles. The van der Waals surface area contributed by atoms with Crippen LogP contribution in [0.4, 0.5) is 0 Å². The van der Waals surface area contributed by atoms with Crippen LogP contribution in [0.1, 0.15) is 38.3 Å². The first-order valence-corrected chi connectivity index (χ1v) is 9.09. The summed E-state index contributed by atoms with van der Waals surface area (Å²) in [5.74, 6) is 0.0328. The standard InChI is InChI=1S/C22H28N2O3/c1-22(2,3)18-9-11-19(12-10-18)27-16-21(26)24(14-13-20(23)25)15-17-7-5-4-6-8-17/h4-12H,13-16H2,1-3H3,(H2,23,25). The zero-order valence-electron chi connectivity index (χ0n) is 16.3. The highest BCUT2D eigenvalue weighted by Gasteiger charge is 2.17. The van der Waals surface area contributed by atoms with Crippen molar-refractivity contribution in [2.45, 2.75) is 39.2 Å². The molecule has 5 heteroatoms. The van der Waals surface area contributed by atoms with Gasteiger partial charge in [0.25, 0.3) is 5.91 Å². The molecule has 0 saturated carbocycles. The molecule has 27 heavy (non-hydrogen) atoms. The Kier molecular flexibility index (Phi) is 6.99. The Morgan fingerprint density at radius 2 is 1.63 bits per heavy atom. The fraction of sp³-hybridized carbons (Fsp3) is 0.364. The molecule has 0 spiro atoms. The molecule has 0 fully saturated rings. The van der Waals surface area contributed by atoms with Crippen molar-refractivity contribution in [1.82, 2.24) is 4.90 Å². The SMILES string of the molecule is CC(C)(C)c1ccc(OCC(=O)N(CCC(N)=O)Cc2ccccc2)cc1. The monoisotopic (exact) mass is 368 g/mol. The van der Waals surface area contributed by atoms with E-state index in [1.54, 1.807) is 4.90 Å². The van der Waals surface area contributed by atoms with E-state index in [1.165, 1.54) is 5.56 Å². The third-order valence-electron chi connectivity index (χ3n) is 4.28. The van der Waals surface area contributed by atoms with Gasteiger partial charge < -0.3 is 15.4 Å². The number of nitrogens with two attached hydrogens (primary N) is 1. The summed E-state index contributed by atoms with van der Waals surface area (Å²) in [7, 11) is 0. The molecule has 2 rings (SSSR count). The highest BCUT2D eigenvalue weighted by Crippen LogP contribution is 2.24. The van der Waals surface area contributed by atoms with Crippen LogP contribution in [0.25, 0.3) is 0 Å². The summed E-state index contributed by atoms with van der Waals surface area (Å²) >= 11 is 0. The Labute approximate surface area is 161 Å². The fourth-order valence-electron chi connectivity index (χ4n) is 2.63. The average molecular weight is 368 g/mol. The number of hydrogen-bond acceptors (Lipinski definition) is 3. The average Bonchev–Trinajstić information content (AvgIpc) is 2.63. The molecular formula is C22H28N2O3. The topological polar surface area (TPSA) is 72.6 Å². The quantitative estimate of drug-likeness (QED) is 0.777. The molecule has 0 radical (unpaired) electrons. The normalized spacial score (nSPS) is 11.1. The molecule has 5 nitrogen and oxygen atoms in total. The van der Waals surface area contributed by atoms with Crippen molar-refractivity contribution in [3.63, 3.8) is 0 Å². The molecule has 0 aliphatic heterocycles. The highest BCUT2D eigenvalue weighted by atomic mass is 16.5. The first-order valence-electron chi connectivity index (χ1n) is 9.09. The van der Waals surface area contributed by atoms with Crippen LogP contribution in [0.3, 0.4) is 0 Å². The van der Waals surface area contributed by atoms with Crippen LogP contribution in [-0.4, -0.2) is 29.9 Å². The zero-order chi connectivity index (χ0) is 19.9. The number of carbonyl (C=O) groups excluding carboxylic acids is 2. The lowest BCUT2D eigenvalue weighted by Crippen LogP contribution is -2.36. The summed E-state index contributed by atoms with van der Waals surface area (Å²) in [4.78, 5) is 25.3. The van der Waals surface area contributed by atoms with E-state index < -0.39 is 5.91 Å². The molecule has 0 aromatic heterocycles. The number of nitrogens with zero attached hydrogens (tertiary/aromatic N) is 1. The maximum absolute atomic E-state index is 12.6. The van der Waals surface area contributed by atoms with Crippen molar-refractivity contribution in [2.75, 3.05) is 13.2 Å². The summed E-state index contributed by atoms with van der Waals surface area (Å²) in [6.07, 6.45) is 0.124. The predicted octanol–water partition coefficient (Wildman–Crippen LogP) is 3.27. The third-order valence-corrected chi connectivity index (χ3v) is 4.28. The number of carbonyl (C=O) groups is 2. The highest BCUT2D eigenvalue weighted by molar-refractivity contribution is 5.79. The van der Waals surface area contributed by atoms with Crippen molar-refractivity contribution < 1.29 is 14.3 Å². The number of amides is 2. The van der Waals surface area contributed by atoms with Crippen LogP contribution in [0.2, 0.25) is 0 Å². The second kappa shape index (κ2) is 9.21. The molecule has 2 aromatic rings. The van der Waals surface area contributed by atoms with Crippen molar-refractivity contribution in [3.05, 3.63) is 65.7 Å². The van der Waals surface area contributed by atoms with Gasteiger partial charge in [-0.25, -0.2) is 0 Å². The summed E-state index contributed by atoms with van der Waals surface area (Å²) in [5.41, 5.74) is 7.50. The molecule has 144 valence electrons. The minimum Gasteiger partial charge on any atom is -0.484 e. The molecule has 0 saturated heterocycles. The van der Waals surface area contributed by atoms with E-state index in [1.807, 2.05) is 54.6 Å². The largest absolute Gasteiger partial charge is 0.484 e. The number of rotatable bonds is 8. The molecule has 0 atom stereocenters. The zero-order valence-corrected chi connectivity index (χ0v) is 16.3. The lowest BCUT2D eigenvalue weighted by molar-refractivity contribution is -0.134. The van der Waals surface area contributed by atoms with Crippen LogP contribution < -0.4 is 10.5 Å². The second-order valence-electron chi connectivity index (χ2n) is 7.58. The van der Waals surface area contributed by atoms with Crippen LogP contribution in [0.5, 0.6) is 5.75 Å². The van der Waals surface area contributed by atoms with Crippen LogP contribution in [0, 0.1) is 0 Å². The van der Waals surface area contributed by atoms with E-state index in [0.717, 1.165) is 5.56 Å². The van der Waals surface area contributed by atoms with Crippen molar-refractivity contribution in [3.8, 4) is 5.75 Å². The van der Waals surface area contributed by atoms with Gasteiger partial charge in [0.05, 0.1) is 0 Å². The lowest BCUT2D eigenvalue weighted by Gasteiger charge is -2.23. The Bertz CT molecular complexity index is 749. The van der Waals surface area contributed by atoms with Crippen molar-refractivity contribution >= 4 is 11.8 Å². The van der Waals surface area contributed by atoms with Gasteiger partial charge in [0.1, 0.15) is 5.75 Å². The summed E-state index contributed by atoms with van der Waals surface area (Å²) in [5, 5.41) is 0. The van der Waals surface area contributed by atoms with Gasteiger partial charge >= 0.3 is 0 Å². The first-order chi connectivity index (χ1) is 12.8. The third kappa shape index (κ3) is 6.77.